The van der Waals surface area contributed by atoms with Crippen LogP contribution in [0.1, 0.15) is 5.56 Å². The number of rotatable bonds is 1. The molecule has 1 heterocycles. The van der Waals surface area contributed by atoms with E-state index in [0.29, 0.717) is 0 Å². The molecule has 62 valence electrons. The normalized spacial score (nSPS) is 14.4. The largest absolute Gasteiger partial charge is 0.130 e. The Labute approximate surface area is 81.4 Å². The average molecular weight is 194 g/mol. The molecular formula is C10H10S2. The molecule has 0 spiro atoms. The molecule has 1 aliphatic heterocycles. The van der Waals surface area contributed by atoms with Crippen molar-refractivity contribution in [3.05, 3.63) is 29.8 Å². The highest BCUT2D eigenvalue weighted by atomic mass is 32.2. The monoisotopic (exact) mass is 194 g/mol. The number of benzene rings is 1. The third-order valence-electron chi connectivity index (χ3n) is 1.85. The first-order chi connectivity index (χ1) is 5.90. The predicted molar refractivity (Wildman–Crippen MR) is 58.0 cm³/mol. The van der Waals surface area contributed by atoms with Crippen molar-refractivity contribution < 1.29 is 0 Å². The van der Waals surface area contributed by atoms with Gasteiger partial charge in [0.1, 0.15) is 0 Å². The average Bonchev–Trinajstić information content (AvgIpc) is 2.17. The predicted octanol–water partition coefficient (Wildman–Crippen LogP) is 3.53. The third-order valence-corrected chi connectivity index (χ3v) is 3.62. The van der Waals surface area contributed by atoms with Crippen LogP contribution in [0.15, 0.2) is 34.1 Å². The Kier molecular flexibility index (Phi) is 2.47. The summed E-state index contributed by atoms with van der Waals surface area (Å²) in [6.45, 7) is 0. The molecule has 0 saturated heterocycles. The third kappa shape index (κ3) is 1.54. The molecule has 0 aliphatic carbocycles. The van der Waals surface area contributed by atoms with E-state index < -0.39 is 0 Å². The van der Waals surface area contributed by atoms with Crippen LogP contribution in [0.25, 0.3) is 6.08 Å². The second-order valence-electron chi connectivity index (χ2n) is 2.62. The zero-order valence-electron chi connectivity index (χ0n) is 6.91. The fourth-order valence-electron chi connectivity index (χ4n) is 1.23. The number of hydrogen-bond donors (Lipinski definition) is 0. The second-order valence-corrected chi connectivity index (χ2v) is 4.56. The molecule has 1 aliphatic rings. The van der Waals surface area contributed by atoms with Crippen LogP contribution >= 0.6 is 23.5 Å². The van der Waals surface area contributed by atoms with Crippen molar-refractivity contribution in [1.82, 2.24) is 0 Å². The number of thioether (sulfide) groups is 2. The quantitative estimate of drug-likeness (QED) is 0.627. The van der Waals surface area contributed by atoms with E-state index in [1.165, 1.54) is 15.4 Å². The Hall–Kier alpha value is -0.340. The van der Waals surface area contributed by atoms with Crippen LogP contribution in [0.5, 0.6) is 0 Å². The topological polar surface area (TPSA) is 0 Å². The molecule has 12 heavy (non-hydrogen) atoms. The fraction of sp³-hybridized carbons (Fsp3) is 0.200. The Morgan fingerprint density at radius 3 is 3.17 bits per heavy atom. The summed E-state index contributed by atoms with van der Waals surface area (Å²) >= 11 is 3.71. The van der Waals surface area contributed by atoms with Crippen molar-refractivity contribution in [1.29, 1.82) is 0 Å². The summed E-state index contributed by atoms with van der Waals surface area (Å²) in [5, 5.41) is 0. The lowest BCUT2D eigenvalue weighted by Gasteiger charge is -2.10. The summed E-state index contributed by atoms with van der Waals surface area (Å²) in [5.74, 6) is 1.12. The van der Waals surface area contributed by atoms with Crippen molar-refractivity contribution in [2.75, 3.05) is 12.0 Å². The number of hydrogen-bond acceptors (Lipinski definition) is 2. The van der Waals surface area contributed by atoms with Gasteiger partial charge in [-0.15, -0.1) is 23.5 Å². The lowest BCUT2D eigenvalue weighted by molar-refractivity contribution is 1.32. The first-order valence-corrected chi connectivity index (χ1v) is 6.08. The molecule has 0 radical (unpaired) electrons. The van der Waals surface area contributed by atoms with Gasteiger partial charge in [0, 0.05) is 15.5 Å². The van der Waals surface area contributed by atoms with E-state index in [9.17, 15) is 0 Å². The smallest absolute Gasteiger partial charge is 0.0164 e. The van der Waals surface area contributed by atoms with Gasteiger partial charge in [0.25, 0.3) is 0 Å². The molecule has 0 atom stereocenters. The highest BCUT2D eigenvalue weighted by Crippen LogP contribution is 2.30. The van der Waals surface area contributed by atoms with Gasteiger partial charge in [0.15, 0.2) is 0 Å². The van der Waals surface area contributed by atoms with Gasteiger partial charge in [-0.25, -0.2) is 0 Å². The molecule has 1 aromatic carbocycles. The molecule has 0 nitrogen and oxygen atoms in total. The highest BCUT2D eigenvalue weighted by Gasteiger charge is 2.04. The summed E-state index contributed by atoms with van der Waals surface area (Å²) in [6.07, 6.45) is 6.55. The van der Waals surface area contributed by atoms with Crippen molar-refractivity contribution in [3.63, 3.8) is 0 Å². The highest BCUT2D eigenvalue weighted by molar-refractivity contribution is 7.99. The summed E-state index contributed by atoms with van der Waals surface area (Å²) < 4.78 is 0. The Morgan fingerprint density at radius 2 is 2.33 bits per heavy atom. The van der Waals surface area contributed by atoms with Crippen molar-refractivity contribution in [2.24, 2.45) is 0 Å². The number of fused-ring (bicyclic) bond motifs is 1. The van der Waals surface area contributed by atoms with Crippen LogP contribution in [-0.2, 0) is 0 Å². The molecule has 0 aromatic heterocycles. The van der Waals surface area contributed by atoms with Crippen LogP contribution in [0.3, 0.4) is 0 Å². The second kappa shape index (κ2) is 3.58. The van der Waals surface area contributed by atoms with Gasteiger partial charge in [-0.1, -0.05) is 12.2 Å². The lowest BCUT2D eigenvalue weighted by Crippen LogP contribution is -1.87. The minimum Gasteiger partial charge on any atom is -0.130 e. The molecule has 0 fully saturated rings. The van der Waals surface area contributed by atoms with E-state index >= 15 is 0 Å². The maximum atomic E-state index is 2.25. The molecule has 2 heteroatoms. The molecule has 0 unspecified atom stereocenters. The first-order valence-electron chi connectivity index (χ1n) is 3.87. The summed E-state index contributed by atoms with van der Waals surface area (Å²) in [4.78, 5) is 2.76. The SMILES string of the molecule is CSc1ccc2c(c1)C=CCS2. The van der Waals surface area contributed by atoms with E-state index in [1.807, 2.05) is 11.8 Å². The Balaban J connectivity index is 2.44. The van der Waals surface area contributed by atoms with Gasteiger partial charge in [-0.2, -0.15) is 0 Å². The van der Waals surface area contributed by atoms with Crippen LogP contribution < -0.4 is 0 Å². The van der Waals surface area contributed by atoms with Gasteiger partial charge < -0.3 is 0 Å². The van der Waals surface area contributed by atoms with E-state index in [4.69, 9.17) is 0 Å². The Morgan fingerprint density at radius 1 is 1.42 bits per heavy atom. The van der Waals surface area contributed by atoms with Crippen molar-refractivity contribution in [2.45, 2.75) is 9.79 Å². The molecule has 0 bridgehead atoms. The van der Waals surface area contributed by atoms with E-state index in [-0.39, 0.29) is 0 Å². The van der Waals surface area contributed by atoms with Gasteiger partial charge in [0.05, 0.1) is 0 Å². The van der Waals surface area contributed by atoms with Crippen LogP contribution in [0.2, 0.25) is 0 Å². The summed E-state index contributed by atoms with van der Waals surface area (Å²) in [7, 11) is 0. The molecule has 0 N–H and O–H groups in total. The minimum absolute atomic E-state index is 1.12. The van der Waals surface area contributed by atoms with E-state index in [0.717, 1.165) is 5.75 Å². The molecule has 0 saturated carbocycles. The zero-order chi connectivity index (χ0) is 8.39. The fourth-order valence-corrected chi connectivity index (χ4v) is 2.51. The van der Waals surface area contributed by atoms with Crippen molar-refractivity contribution in [3.8, 4) is 0 Å². The molecule has 1 aromatic rings. The minimum atomic E-state index is 1.12. The van der Waals surface area contributed by atoms with Gasteiger partial charge >= 0.3 is 0 Å². The zero-order valence-corrected chi connectivity index (χ0v) is 8.54. The van der Waals surface area contributed by atoms with E-state index in [1.54, 1.807) is 11.8 Å². The van der Waals surface area contributed by atoms with E-state index in [2.05, 4.69) is 36.6 Å². The molecular weight excluding hydrogens is 184 g/mol. The maximum absolute atomic E-state index is 2.25. The van der Waals surface area contributed by atoms with Crippen LogP contribution in [0, 0.1) is 0 Å². The summed E-state index contributed by atoms with van der Waals surface area (Å²) in [6, 6.07) is 6.66. The van der Waals surface area contributed by atoms with Gasteiger partial charge in [0.2, 0.25) is 0 Å². The van der Waals surface area contributed by atoms with Crippen LogP contribution in [0.4, 0.5) is 0 Å². The maximum Gasteiger partial charge on any atom is 0.0164 e. The van der Waals surface area contributed by atoms with Crippen molar-refractivity contribution >= 4 is 29.6 Å². The Bertz CT molecular complexity index is 316. The molecule has 2 rings (SSSR count). The lowest BCUT2D eigenvalue weighted by atomic mass is 10.2. The van der Waals surface area contributed by atoms with Crippen LogP contribution in [-0.4, -0.2) is 12.0 Å². The van der Waals surface area contributed by atoms with Gasteiger partial charge in [-0.3, -0.25) is 0 Å². The summed E-state index contributed by atoms with van der Waals surface area (Å²) in [5.41, 5.74) is 1.37. The first kappa shape index (κ1) is 8.27. The van der Waals surface area contributed by atoms with Gasteiger partial charge in [-0.05, 0) is 30.0 Å². The standard InChI is InChI=1S/C10H10S2/c1-11-9-4-5-10-8(7-9)3-2-6-12-10/h2-5,7H,6H2,1H3. The molecule has 0 amide bonds.